The Balaban J connectivity index is 1.64. The summed E-state index contributed by atoms with van der Waals surface area (Å²) in [6.07, 6.45) is 9.31. The van der Waals surface area contributed by atoms with E-state index in [0.29, 0.717) is 30.0 Å². The minimum atomic E-state index is 0.437. The molecule has 136 valence electrons. The average molecular weight is 368 g/mol. The van der Waals surface area contributed by atoms with Crippen LogP contribution in [0.2, 0.25) is 0 Å². The van der Waals surface area contributed by atoms with Gasteiger partial charge in [-0.3, -0.25) is 5.43 Å². The second-order valence-electron chi connectivity index (χ2n) is 6.91. The van der Waals surface area contributed by atoms with E-state index in [-0.39, 0.29) is 0 Å². The smallest absolute Gasteiger partial charge is 0.187 e. The SMILES string of the molecule is C[C@H]1CCCC[C@H]1NC(=S)N/N=C\c1cn(CCC#N)c2ccccc12. The molecular formula is C20H25N5S. The van der Waals surface area contributed by atoms with Crippen molar-refractivity contribution in [3.8, 4) is 6.07 Å². The van der Waals surface area contributed by atoms with Crippen LogP contribution in [0.5, 0.6) is 0 Å². The monoisotopic (exact) mass is 367 g/mol. The van der Waals surface area contributed by atoms with Crippen LogP contribution >= 0.6 is 12.2 Å². The van der Waals surface area contributed by atoms with E-state index in [4.69, 9.17) is 17.5 Å². The molecule has 2 atom stereocenters. The fraction of sp³-hybridized carbons (Fsp3) is 0.450. The number of nitrogens with zero attached hydrogens (tertiary/aromatic N) is 3. The van der Waals surface area contributed by atoms with Gasteiger partial charge >= 0.3 is 0 Å². The molecule has 1 heterocycles. The van der Waals surface area contributed by atoms with Crippen molar-refractivity contribution in [3.05, 3.63) is 36.0 Å². The third-order valence-electron chi connectivity index (χ3n) is 5.08. The summed E-state index contributed by atoms with van der Waals surface area (Å²) in [5, 5.41) is 18.2. The van der Waals surface area contributed by atoms with Crippen molar-refractivity contribution >= 4 is 34.4 Å². The molecule has 0 aliphatic heterocycles. The van der Waals surface area contributed by atoms with Gasteiger partial charge in [0, 0.05) is 35.2 Å². The molecule has 5 nitrogen and oxygen atoms in total. The summed E-state index contributed by atoms with van der Waals surface area (Å²) < 4.78 is 2.10. The molecule has 0 radical (unpaired) electrons. The summed E-state index contributed by atoms with van der Waals surface area (Å²) in [6.45, 7) is 2.95. The zero-order valence-corrected chi connectivity index (χ0v) is 15.9. The number of hydrazone groups is 1. The highest BCUT2D eigenvalue weighted by atomic mass is 32.1. The van der Waals surface area contributed by atoms with Gasteiger partial charge in [0.15, 0.2) is 5.11 Å². The van der Waals surface area contributed by atoms with Crippen LogP contribution in [0.25, 0.3) is 10.9 Å². The van der Waals surface area contributed by atoms with Crippen LogP contribution in [0.4, 0.5) is 0 Å². The molecule has 1 fully saturated rings. The molecule has 0 spiro atoms. The Kier molecular flexibility index (Phi) is 6.24. The van der Waals surface area contributed by atoms with Crippen molar-refractivity contribution < 1.29 is 0 Å². The Hall–Kier alpha value is -2.39. The highest BCUT2D eigenvalue weighted by Gasteiger charge is 2.21. The largest absolute Gasteiger partial charge is 0.358 e. The molecule has 1 aliphatic rings. The third kappa shape index (κ3) is 4.41. The molecule has 2 N–H and O–H groups in total. The minimum Gasteiger partial charge on any atom is -0.358 e. The highest BCUT2D eigenvalue weighted by molar-refractivity contribution is 7.80. The van der Waals surface area contributed by atoms with Crippen LogP contribution in [0.1, 0.15) is 44.6 Å². The number of nitrogens with one attached hydrogen (secondary N) is 2. The Labute approximate surface area is 160 Å². The summed E-state index contributed by atoms with van der Waals surface area (Å²) >= 11 is 5.38. The highest BCUT2D eigenvalue weighted by Crippen LogP contribution is 2.23. The van der Waals surface area contributed by atoms with Crippen LogP contribution in [-0.4, -0.2) is 21.9 Å². The van der Waals surface area contributed by atoms with E-state index >= 15 is 0 Å². The molecule has 0 saturated heterocycles. The number of hydrogen-bond acceptors (Lipinski definition) is 3. The van der Waals surface area contributed by atoms with E-state index in [1.54, 1.807) is 6.21 Å². The van der Waals surface area contributed by atoms with E-state index in [1.807, 2.05) is 18.3 Å². The summed E-state index contributed by atoms with van der Waals surface area (Å²) in [6, 6.07) is 10.8. The molecule has 3 rings (SSSR count). The van der Waals surface area contributed by atoms with Crippen LogP contribution in [-0.2, 0) is 6.54 Å². The van der Waals surface area contributed by atoms with Crippen molar-refractivity contribution in [3.63, 3.8) is 0 Å². The molecule has 1 aromatic heterocycles. The second-order valence-corrected chi connectivity index (χ2v) is 7.32. The van der Waals surface area contributed by atoms with Gasteiger partial charge in [0.1, 0.15) is 0 Å². The summed E-state index contributed by atoms with van der Waals surface area (Å²) in [5.74, 6) is 0.644. The molecule has 1 aliphatic carbocycles. The summed E-state index contributed by atoms with van der Waals surface area (Å²) in [5.41, 5.74) is 5.07. The molecule has 26 heavy (non-hydrogen) atoms. The van der Waals surface area contributed by atoms with Crippen LogP contribution < -0.4 is 10.7 Å². The van der Waals surface area contributed by atoms with Crippen LogP contribution in [0.15, 0.2) is 35.6 Å². The van der Waals surface area contributed by atoms with Gasteiger partial charge in [-0.2, -0.15) is 10.4 Å². The number of benzene rings is 1. The van der Waals surface area contributed by atoms with E-state index in [1.165, 1.54) is 25.7 Å². The van der Waals surface area contributed by atoms with Crippen LogP contribution in [0, 0.1) is 17.2 Å². The third-order valence-corrected chi connectivity index (χ3v) is 5.29. The second kappa shape index (κ2) is 8.81. The maximum Gasteiger partial charge on any atom is 0.187 e. The number of hydrogen-bond donors (Lipinski definition) is 2. The lowest BCUT2D eigenvalue weighted by atomic mass is 9.86. The van der Waals surface area contributed by atoms with Crippen molar-refractivity contribution in [1.82, 2.24) is 15.3 Å². The Bertz CT molecular complexity index is 832. The number of para-hydroxylation sites is 1. The lowest BCUT2D eigenvalue weighted by Crippen LogP contribution is -2.44. The number of rotatable bonds is 5. The Morgan fingerprint density at radius 1 is 1.38 bits per heavy atom. The minimum absolute atomic E-state index is 0.437. The predicted octanol–water partition coefficient (Wildman–Crippen LogP) is 3.93. The molecule has 0 unspecified atom stereocenters. The maximum absolute atomic E-state index is 8.84. The zero-order chi connectivity index (χ0) is 18.4. The first-order chi connectivity index (χ1) is 12.7. The van der Waals surface area contributed by atoms with E-state index in [9.17, 15) is 0 Å². The number of aromatic nitrogens is 1. The van der Waals surface area contributed by atoms with E-state index in [0.717, 1.165) is 16.5 Å². The summed E-state index contributed by atoms with van der Waals surface area (Å²) in [4.78, 5) is 0. The number of nitriles is 1. The topological polar surface area (TPSA) is 65.1 Å². The van der Waals surface area contributed by atoms with Gasteiger partial charge in [0.25, 0.3) is 0 Å². The van der Waals surface area contributed by atoms with Gasteiger partial charge in [0.2, 0.25) is 0 Å². The summed E-state index contributed by atoms with van der Waals surface area (Å²) in [7, 11) is 0. The van der Waals surface area contributed by atoms with Crippen molar-refractivity contribution in [2.45, 2.75) is 51.6 Å². The van der Waals surface area contributed by atoms with E-state index in [2.05, 4.69) is 45.5 Å². The first-order valence-corrected chi connectivity index (χ1v) is 9.64. The van der Waals surface area contributed by atoms with Gasteiger partial charge in [-0.05, 0) is 37.0 Å². The molecule has 2 aromatic rings. The Morgan fingerprint density at radius 3 is 3.00 bits per heavy atom. The quantitative estimate of drug-likeness (QED) is 0.477. The molecule has 0 bridgehead atoms. The van der Waals surface area contributed by atoms with Crippen LogP contribution in [0.3, 0.4) is 0 Å². The standard InChI is InChI=1S/C20H25N5S/c1-15-7-2-4-9-18(15)23-20(26)24-22-13-16-14-25(12-6-11-21)19-10-5-3-8-17(16)19/h3,5,8,10,13-15,18H,2,4,6-7,9,12H2,1H3,(H2,23,24,26)/b22-13-/t15-,18+/m0/s1. The number of thiocarbonyl (C=S) groups is 1. The van der Waals surface area contributed by atoms with Crippen molar-refractivity contribution in [2.24, 2.45) is 11.0 Å². The van der Waals surface area contributed by atoms with Gasteiger partial charge in [-0.15, -0.1) is 0 Å². The van der Waals surface area contributed by atoms with Gasteiger partial charge in [-0.1, -0.05) is 38.0 Å². The van der Waals surface area contributed by atoms with Gasteiger partial charge in [0.05, 0.1) is 18.7 Å². The molecule has 1 saturated carbocycles. The fourth-order valence-electron chi connectivity index (χ4n) is 3.63. The normalized spacial score (nSPS) is 20.2. The Morgan fingerprint density at radius 2 is 2.19 bits per heavy atom. The predicted molar refractivity (Wildman–Crippen MR) is 110 cm³/mol. The van der Waals surface area contributed by atoms with E-state index < -0.39 is 0 Å². The zero-order valence-electron chi connectivity index (χ0n) is 15.1. The molecule has 1 aromatic carbocycles. The van der Waals surface area contributed by atoms with Crippen molar-refractivity contribution in [2.75, 3.05) is 0 Å². The lowest BCUT2D eigenvalue weighted by molar-refractivity contribution is 0.308. The number of fused-ring (bicyclic) bond motifs is 1. The fourth-order valence-corrected chi connectivity index (χ4v) is 3.83. The first kappa shape index (κ1) is 18.4. The van der Waals surface area contributed by atoms with Gasteiger partial charge < -0.3 is 9.88 Å². The first-order valence-electron chi connectivity index (χ1n) is 9.23. The molecule has 6 heteroatoms. The maximum atomic E-state index is 8.84. The number of aryl methyl sites for hydroxylation is 1. The average Bonchev–Trinajstić information content (AvgIpc) is 3.00. The molecule has 0 amide bonds. The molecular weight excluding hydrogens is 342 g/mol. The lowest BCUT2D eigenvalue weighted by Gasteiger charge is -2.30. The van der Waals surface area contributed by atoms with Crippen molar-refractivity contribution in [1.29, 1.82) is 5.26 Å². The van der Waals surface area contributed by atoms with Gasteiger partial charge in [-0.25, -0.2) is 0 Å².